The van der Waals surface area contributed by atoms with Gasteiger partial charge < -0.3 is 5.32 Å². The quantitative estimate of drug-likeness (QED) is 0.708. The second-order valence-electron chi connectivity index (χ2n) is 4.57. The first-order valence-electron chi connectivity index (χ1n) is 6.90. The predicted octanol–water partition coefficient (Wildman–Crippen LogP) is 3.20. The number of thioether (sulfide) groups is 1. The van der Waals surface area contributed by atoms with Crippen LogP contribution in [0, 0.1) is 11.3 Å². The second kappa shape index (κ2) is 7.68. The summed E-state index contributed by atoms with van der Waals surface area (Å²) in [6.07, 6.45) is 4.99. The summed E-state index contributed by atoms with van der Waals surface area (Å²) in [4.78, 5) is 24.4. The zero-order valence-electron chi connectivity index (χ0n) is 12.3. The zero-order chi connectivity index (χ0) is 16.8. The molecule has 0 aliphatic carbocycles. The van der Waals surface area contributed by atoms with E-state index in [4.69, 9.17) is 0 Å². The molecule has 0 aromatic carbocycles. The molecule has 0 saturated heterocycles. The average molecular weight is 353 g/mol. The molecule has 0 unspecified atom stereocenters. The molecular formula is C16H11N5OS2. The third-order valence-electron chi connectivity index (χ3n) is 2.98. The van der Waals surface area contributed by atoms with Crippen molar-refractivity contribution in [1.82, 2.24) is 15.0 Å². The van der Waals surface area contributed by atoms with Crippen molar-refractivity contribution in [2.24, 2.45) is 0 Å². The van der Waals surface area contributed by atoms with E-state index in [1.54, 1.807) is 36.1 Å². The Bertz CT molecular complexity index is 875. The van der Waals surface area contributed by atoms with Gasteiger partial charge in [0.1, 0.15) is 11.1 Å². The first-order chi connectivity index (χ1) is 11.8. The van der Waals surface area contributed by atoms with Crippen LogP contribution >= 0.6 is 23.1 Å². The monoisotopic (exact) mass is 353 g/mol. The van der Waals surface area contributed by atoms with Crippen LogP contribution in [0.15, 0.2) is 53.3 Å². The van der Waals surface area contributed by atoms with Crippen molar-refractivity contribution in [3.8, 4) is 17.3 Å². The summed E-state index contributed by atoms with van der Waals surface area (Å²) in [5, 5.41) is 14.8. The van der Waals surface area contributed by atoms with Gasteiger partial charge in [-0.1, -0.05) is 11.8 Å². The fraction of sp³-hybridized carbons (Fsp3) is 0.0625. The lowest BCUT2D eigenvalue weighted by Crippen LogP contribution is -2.14. The number of amides is 1. The van der Waals surface area contributed by atoms with E-state index in [-0.39, 0.29) is 11.7 Å². The van der Waals surface area contributed by atoms with Crippen LogP contribution < -0.4 is 5.32 Å². The van der Waals surface area contributed by atoms with Crippen molar-refractivity contribution in [2.45, 2.75) is 5.03 Å². The maximum absolute atomic E-state index is 12.0. The molecule has 0 spiro atoms. The third kappa shape index (κ3) is 3.95. The molecule has 3 aromatic rings. The van der Waals surface area contributed by atoms with E-state index in [0.29, 0.717) is 15.7 Å². The summed E-state index contributed by atoms with van der Waals surface area (Å²) in [5.41, 5.74) is 2.09. The Morgan fingerprint density at radius 3 is 2.79 bits per heavy atom. The lowest BCUT2D eigenvalue weighted by Gasteiger charge is -2.06. The van der Waals surface area contributed by atoms with Crippen LogP contribution in [0.5, 0.6) is 0 Å². The Morgan fingerprint density at radius 2 is 2.08 bits per heavy atom. The number of nitrogens with one attached hydrogen (secondary N) is 1. The fourth-order valence-corrected chi connectivity index (χ4v) is 3.21. The molecule has 0 saturated carbocycles. The second-order valence-corrected chi connectivity index (χ2v) is 6.43. The maximum Gasteiger partial charge on any atom is 0.236 e. The Kier molecular flexibility index (Phi) is 5.15. The van der Waals surface area contributed by atoms with Gasteiger partial charge in [-0.05, 0) is 24.3 Å². The van der Waals surface area contributed by atoms with E-state index >= 15 is 0 Å². The molecule has 1 N–H and O–H groups in total. The molecule has 0 bridgehead atoms. The van der Waals surface area contributed by atoms with Crippen molar-refractivity contribution < 1.29 is 4.79 Å². The molecule has 118 valence electrons. The molecule has 3 aromatic heterocycles. The van der Waals surface area contributed by atoms with Gasteiger partial charge in [-0.3, -0.25) is 9.78 Å². The number of anilines is 1. The van der Waals surface area contributed by atoms with Gasteiger partial charge in [-0.15, -0.1) is 11.3 Å². The molecule has 0 radical (unpaired) electrons. The summed E-state index contributed by atoms with van der Waals surface area (Å²) in [5.74, 6) is -0.0314. The number of hydrogen-bond donors (Lipinski definition) is 1. The Labute approximate surface area is 146 Å². The molecule has 0 fully saturated rings. The van der Waals surface area contributed by atoms with Gasteiger partial charge >= 0.3 is 0 Å². The number of hydrogen-bond acceptors (Lipinski definition) is 7. The van der Waals surface area contributed by atoms with Crippen LogP contribution in [-0.4, -0.2) is 26.6 Å². The number of carbonyl (C=O) groups is 1. The van der Waals surface area contributed by atoms with Gasteiger partial charge in [0.25, 0.3) is 0 Å². The minimum Gasteiger partial charge on any atom is -0.301 e. The molecule has 8 heteroatoms. The topological polar surface area (TPSA) is 91.6 Å². The van der Waals surface area contributed by atoms with E-state index in [1.165, 1.54) is 23.1 Å². The minimum absolute atomic E-state index is 0.154. The molecule has 0 aliphatic heterocycles. The molecule has 3 rings (SSSR count). The molecule has 0 atom stereocenters. The van der Waals surface area contributed by atoms with E-state index < -0.39 is 0 Å². The Hall–Kier alpha value is -2.76. The predicted molar refractivity (Wildman–Crippen MR) is 93.7 cm³/mol. The molecule has 6 nitrogen and oxygen atoms in total. The maximum atomic E-state index is 12.0. The fourth-order valence-electron chi connectivity index (χ4n) is 1.89. The lowest BCUT2D eigenvalue weighted by molar-refractivity contribution is -0.113. The largest absolute Gasteiger partial charge is 0.301 e. The minimum atomic E-state index is -0.185. The van der Waals surface area contributed by atoms with Gasteiger partial charge in [0.2, 0.25) is 5.91 Å². The number of carbonyl (C=O) groups excluding carboxylic acids is 1. The molecule has 1 amide bonds. The van der Waals surface area contributed by atoms with Crippen LogP contribution in [-0.2, 0) is 4.79 Å². The van der Waals surface area contributed by atoms with Crippen LogP contribution in [0.2, 0.25) is 0 Å². The number of rotatable bonds is 5. The zero-order valence-corrected chi connectivity index (χ0v) is 14.0. The highest BCUT2D eigenvalue weighted by Crippen LogP contribution is 2.25. The number of aromatic nitrogens is 3. The van der Waals surface area contributed by atoms with Gasteiger partial charge in [-0.2, -0.15) is 5.26 Å². The molecular weight excluding hydrogens is 342 g/mol. The smallest absolute Gasteiger partial charge is 0.236 e. The molecule has 24 heavy (non-hydrogen) atoms. The number of pyridine rings is 2. The Morgan fingerprint density at radius 1 is 1.25 bits per heavy atom. The van der Waals surface area contributed by atoms with Crippen molar-refractivity contribution in [3.63, 3.8) is 0 Å². The van der Waals surface area contributed by atoms with Crippen LogP contribution in [0.3, 0.4) is 0 Å². The highest BCUT2D eigenvalue weighted by atomic mass is 32.2. The standard InChI is InChI=1S/C16H11N5OS2/c17-9-12-1-2-13(11-3-5-18-6-4-11)20-15(12)24-10-14(22)21-16-19-7-8-23-16/h1-8H,10H2,(H,19,21,22). The van der Waals surface area contributed by atoms with Crippen LogP contribution in [0.1, 0.15) is 5.56 Å². The van der Waals surface area contributed by atoms with Gasteiger partial charge in [0, 0.05) is 29.5 Å². The summed E-state index contributed by atoms with van der Waals surface area (Å²) in [6.45, 7) is 0. The van der Waals surface area contributed by atoms with E-state index in [0.717, 1.165) is 11.3 Å². The number of nitrogens with zero attached hydrogens (tertiary/aromatic N) is 4. The van der Waals surface area contributed by atoms with Crippen molar-refractivity contribution in [2.75, 3.05) is 11.1 Å². The van der Waals surface area contributed by atoms with Crippen molar-refractivity contribution >= 4 is 34.1 Å². The first kappa shape index (κ1) is 16.1. The SMILES string of the molecule is N#Cc1ccc(-c2ccncc2)nc1SCC(=O)Nc1nccs1. The summed E-state index contributed by atoms with van der Waals surface area (Å²) in [7, 11) is 0. The number of nitriles is 1. The summed E-state index contributed by atoms with van der Waals surface area (Å²) < 4.78 is 0. The average Bonchev–Trinajstić information content (AvgIpc) is 3.13. The van der Waals surface area contributed by atoms with Crippen LogP contribution in [0.25, 0.3) is 11.3 Å². The van der Waals surface area contributed by atoms with Gasteiger partial charge in [-0.25, -0.2) is 9.97 Å². The summed E-state index contributed by atoms with van der Waals surface area (Å²) in [6, 6.07) is 9.29. The molecule has 3 heterocycles. The lowest BCUT2D eigenvalue weighted by atomic mass is 10.1. The van der Waals surface area contributed by atoms with Gasteiger partial charge in [0.05, 0.1) is 17.0 Å². The third-order valence-corrected chi connectivity index (χ3v) is 4.66. The highest BCUT2D eigenvalue weighted by Gasteiger charge is 2.11. The van der Waals surface area contributed by atoms with E-state index in [2.05, 4.69) is 26.3 Å². The highest BCUT2D eigenvalue weighted by molar-refractivity contribution is 8.00. The molecule has 0 aliphatic rings. The van der Waals surface area contributed by atoms with Crippen molar-refractivity contribution in [1.29, 1.82) is 5.26 Å². The van der Waals surface area contributed by atoms with E-state index in [1.807, 2.05) is 12.1 Å². The normalized spacial score (nSPS) is 10.1. The summed E-state index contributed by atoms with van der Waals surface area (Å²) >= 11 is 2.58. The Balaban J connectivity index is 1.74. The first-order valence-corrected chi connectivity index (χ1v) is 8.76. The number of thiazole rings is 1. The van der Waals surface area contributed by atoms with Crippen LogP contribution in [0.4, 0.5) is 5.13 Å². The van der Waals surface area contributed by atoms with E-state index in [9.17, 15) is 10.1 Å². The van der Waals surface area contributed by atoms with Gasteiger partial charge in [0.15, 0.2) is 5.13 Å². The van der Waals surface area contributed by atoms with Crippen molar-refractivity contribution in [3.05, 3.63) is 53.8 Å².